The summed E-state index contributed by atoms with van der Waals surface area (Å²) in [5.74, 6) is -0.168. The van der Waals surface area contributed by atoms with Crippen molar-refractivity contribution < 1.29 is 9.53 Å². The molecule has 1 aromatic rings. The zero-order chi connectivity index (χ0) is 10.7. The van der Waals surface area contributed by atoms with E-state index < -0.39 is 6.10 Å². The van der Waals surface area contributed by atoms with E-state index >= 15 is 0 Å². The number of aromatic nitrogens is 2. The molecule has 1 unspecified atom stereocenters. The molecule has 1 fully saturated rings. The number of nitrogens with one attached hydrogen (secondary N) is 2. The van der Waals surface area contributed by atoms with Gasteiger partial charge in [0.25, 0.3) is 5.91 Å². The lowest BCUT2D eigenvalue weighted by molar-refractivity contribution is -0.128. The van der Waals surface area contributed by atoms with E-state index in [0.29, 0.717) is 18.3 Å². The molecule has 2 N–H and O–H groups in total. The van der Waals surface area contributed by atoms with Gasteiger partial charge in [0, 0.05) is 13.1 Å². The maximum Gasteiger partial charge on any atom is 0.256 e. The first-order valence-electron chi connectivity index (χ1n) is 4.69. The summed E-state index contributed by atoms with van der Waals surface area (Å²) in [5.41, 5.74) is 0. The van der Waals surface area contributed by atoms with Crippen molar-refractivity contribution in [3.8, 4) is 0 Å². The van der Waals surface area contributed by atoms with Crippen LogP contribution in [0.5, 0.6) is 0 Å². The van der Waals surface area contributed by atoms with Crippen molar-refractivity contribution in [1.82, 2.24) is 15.5 Å². The van der Waals surface area contributed by atoms with Crippen molar-refractivity contribution in [2.24, 2.45) is 0 Å². The summed E-state index contributed by atoms with van der Waals surface area (Å²) in [7, 11) is 0. The predicted octanol–water partition coefficient (Wildman–Crippen LogP) is -0.227. The fraction of sp³-hybridized carbons (Fsp3) is 0.625. The number of ether oxygens (including phenoxy) is 1. The Morgan fingerprint density at radius 2 is 2.53 bits per heavy atom. The van der Waals surface area contributed by atoms with Gasteiger partial charge in [0.15, 0.2) is 0 Å². The Balaban J connectivity index is 1.91. The first-order valence-corrected chi connectivity index (χ1v) is 5.50. The van der Waals surface area contributed by atoms with Gasteiger partial charge in [-0.3, -0.25) is 10.1 Å². The van der Waals surface area contributed by atoms with Gasteiger partial charge in [0.1, 0.15) is 11.1 Å². The smallest absolute Gasteiger partial charge is 0.256 e. The molecule has 0 saturated carbocycles. The molecule has 1 aromatic heterocycles. The van der Waals surface area contributed by atoms with Crippen LogP contribution in [0.2, 0.25) is 0 Å². The van der Waals surface area contributed by atoms with Gasteiger partial charge in [-0.15, -0.1) is 10.2 Å². The van der Waals surface area contributed by atoms with E-state index in [4.69, 9.17) is 4.74 Å². The molecule has 0 spiro atoms. The normalized spacial score (nSPS) is 21.3. The number of nitrogens with zero attached hydrogens (tertiary/aromatic N) is 2. The second-order valence-corrected chi connectivity index (χ2v) is 4.36. The standard InChI is InChI=1S/C8H12N4O2S/c1-5-11-12-8(15-5)10-7(13)6-4-9-2-3-14-6/h6,9H,2-4H2,1H3,(H,10,12,13). The highest BCUT2D eigenvalue weighted by molar-refractivity contribution is 7.15. The van der Waals surface area contributed by atoms with Gasteiger partial charge in [-0.25, -0.2) is 0 Å². The minimum atomic E-state index is -0.428. The van der Waals surface area contributed by atoms with Gasteiger partial charge in [0.2, 0.25) is 5.13 Å². The lowest BCUT2D eigenvalue weighted by Crippen LogP contribution is -2.45. The molecule has 7 heteroatoms. The van der Waals surface area contributed by atoms with Crippen LogP contribution in [-0.4, -0.2) is 41.9 Å². The molecule has 1 amide bonds. The number of hydrogen-bond acceptors (Lipinski definition) is 6. The Morgan fingerprint density at radius 1 is 1.67 bits per heavy atom. The Morgan fingerprint density at radius 3 is 3.13 bits per heavy atom. The third-order valence-electron chi connectivity index (χ3n) is 1.98. The molecule has 0 aromatic carbocycles. The van der Waals surface area contributed by atoms with E-state index in [-0.39, 0.29) is 5.91 Å². The predicted molar refractivity (Wildman–Crippen MR) is 55.9 cm³/mol. The van der Waals surface area contributed by atoms with Crippen LogP contribution in [-0.2, 0) is 9.53 Å². The molecule has 0 bridgehead atoms. The maximum atomic E-state index is 11.6. The number of rotatable bonds is 2. The van der Waals surface area contributed by atoms with Crippen molar-refractivity contribution in [2.75, 3.05) is 25.0 Å². The van der Waals surface area contributed by atoms with Gasteiger partial charge < -0.3 is 10.1 Å². The number of aryl methyl sites for hydroxylation is 1. The number of amides is 1. The van der Waals surface area contributed by atoms with Crippen LogP contribution in [0, 0.1) is 6.92 Å². The number of carbonyl (C=O) groups excluding carboxylic acids is 1. The largest absolute Gasteiger partial charge is 0.366 e. The first-order chi connectivity index (χ1) is 7.25. The van der Waals surface area contributed by atoms with Crippen LogP contribution >= 0.6 is 11.3 Å². The summed E-state index contributed by atoms with van der Waals surface area (Å²) >= 11 is 1.35. The van der Waals surface area contributed by atoms with E-state index in [1.54, 1.807) is 0 Å². The summed E-state index contributed by atoms with van der Waals surface area (Å²) in [6.07, 6.45) is -0.428. The second-order valence-electron chi connectivity index (χ2n) is 3.18. The number of hydrogen-bond donors (Lipinski definition) is 2. The molecule has 1 aliphatic rings. The average molecular weight is 228 g/mol. The highest BCUT2D eigenvalue weighted by atomic mass is 32.1. The van der Waals surface area contributed by atoms with Crippen molar-refractivity contribution >= 4 is 22.4 Å². The molecular weight excluding hydrogens is 216 g/mol. The number of morpholine rings is 1. The summed E-state index contributed by atoms with van der Waals surface area (Å²) in [6.45, 7) is 3.74. The Labute approximate surface area is 91.0 Å². The van der Waals surface area contributed by atoms with E-state index in [1.807, 2.05) is 6.92 Å². The van der Waals surface area contributed by atoms with Crippen molar-refractivity contribution in [2.45, 2.75) is 13.0 Å². The van der Waals surface area contributed by atoms with Crippen LogP contribution in [0.25, 0.3) is 0 Å². The summed E-state index contributed by atoms with van der Waals surface area (Å²) in [5, 5.41) is 14.7. The Kier molecular flexibility index (Phi) is 3.24. The molecule has 82 valence electrons. The third kappa shape index (κ3) is 2.71. The van der Waals surface area contributed by atoms with Crippen LogP contribution in [0.1, 0.15) is 5.01 Å². The lowest BCUT2D eigenvalue weighted by atomic mass is 10.3. The van der Waals surface area contributed by atoms with Crippen molar-refractivity contribution in [1.29, 1.82) is 0 Å². The van der Waals surface area contributed by atoms with Crippen LogP contribution in [0.3, 0.4) is 0 Å². The van der Waals surface area contributed by atoms with Gasteiger partial charge in [-0.05, 0) is 6.92 Å². The summed E-state index contributed by atoms with van der Waals surface area (Å²) in [6, 6.07) is 0. The Hall–Kier alpha value is -1.05. The molecule has 0 aliphatic carbocycles. The SMILES string of the molecule is Cc1nnc(NC(=O)C2CNCCO2)s1. The van der Waals surface area contributed by atoms with Gasteiger partial charge in [-0.1, -0.05) is 11.3 Å². The van der Waals surface area contributed by atoms with Gasteiger partial charge >= 0.3 is 0 Å². The van der Waals surface area contributed by atoms with Crippen molar-refractivity contribution in [3.63, 3.8) is 0 Å². The average Bonchev–Trinajstić information content (AvgIpc) is 2.65. The summed E-state index contributed by atoms with van der Waals surface area (Å²) in [4.78, 5) is 11.6. The van der Waals surface area contributed by atoms with Crippen LogP contribution in [0.4, 0.5) is 5.13 Å². The van der Waals surface area contributed by atoms with Crippen LogP contribution in [0.15, 0.2) is 0 Å². The molecule has 1 saturated heterocycles. The monoisotopic (exact) mass is 228 g/mol. The van der Waals surface area contributed by atoms with Gasteiger partial charge in [-0.2, -0.15) is 0 Å². The zero-order valence-electron chi connectivity index (χ0n) is 8.32. The molecular formula is C8H12N4O2S. The fourth-order valence-electron chi connectivity index (χ4n) is 1.27. The van der Waals surface area contributed by atoms with Crippen LogP contribution < -0.4 is 10.6 Å². The van der Waals surface area contributed by atoms with E-state index in [2.05, 4.69) is 20.8 Å². The van der Waals surface area contributed by atoms with E-state index in [1.165, 1.54) is 11.3 Å². The topological polar surface area (TPSA) is 76.1 Å². The molecule has 0 radical (unpaired) electrons. The Bertz CT molecular complexity index is 348. The molecule has 2 rings (SSSR count). The minimum Gasteiger partial charge on any atom is -0.366 e. The third-order valence-corrected chi connectivity index (χ3v) is 2.73. The maximum absolute atomic E-state index is 11.6. The lowest BCUT2D eigenvalue weighted by Gasteiger charge is -2.21. The number of anilines is 1. The minimum absolute atomic E-state index is 0.168. The zero-order valence-corrected chi connectivity index (χ0v) is 9.13. The highest BCUT2D eigenvalue weighted by Crippen LogP contribution is 2.14. The molecule has 6 nitrogen and oxygen atoms in total. The second kappa shape index (κ2) is 4.65. The quantitative estimate of drug-likeness (QED) is 0.731. The molecule has 1 aliphatic heterocycles. The van der Waals surface area contributed by atoms with E-state index in [0.717, 1.165) is 11.6 Å². The fourth-order valence-corrected chi connectivity index (χ4v) is 1.86. The molecule has 15 heavy (non-hydrogen) atoms. The molecule has 2 heterocycles. The first kappa shape index (κ1) is 10.5. The molecule has 1 atom stereocenters. The van der Waals surface area contributed by atoms with Crippen molar-refractivity contribution in [3.05, 3.63) is 5.01 Å². The van der Waals surface area contributed by atoms with E-state index in [9.17, 15) is 4.79 Å². The summed E-state index contributed by atoms with van der Waals surface area (Å²) < 4.78 is 5.30. The van der Waals surface area contributed by atoms with Gasteiger partial charge in [0.05, 0.1) is 6.61 Å². The number of carbonyl (C=O) groups is 1. The highest BCUT2D eigenvalue weighted by Gasteiger charge is 2.22.